The second kappa shape index (κ2) is 8.03. The van der Waals surface area contributed by atoms with E-state index in [4.69, 9.17) is 10.9 Å². The van der Waals surface area contributed by atoms with Crippen molar-refractivity contribution in [2.45, 2.75) is 53.0 Å². The van der Waals surface area contributed by atoms with Crippen LogP contribution in [0.4, 0.5) is 0 Å². The normalized spacial score (nSPS) is 14.2. The lowest BCUT2D eigenvalue weighted by molar-refractivity contribution is 0.304. The summed E-state index contributed by atoms with van der Waals surface area (Å²) in [6.07, 6.45) is 3.05. The first-order valence-electron chi connectivity index (χ1n) is 7.65. The molecule has 0 heterocycles. The molecule has 0 aliphatic rings. The number of amidine groups is 1. The van der Waals surface area contributed by atoms with E-state index in [0.717, 1.165) is 25.8 Å². The molecule has 0 aliphatic heterocycles. The van der Waals surface area contributed by atoms with Gasteiger partial charge in [-0.15, -0.1) is 0 Å². The predicted octanol–water partition coefficient (Wildman–Crippen LogP) is 3.59. The summed E-state index contributed by atoms with van der Waals surface area (Å²) in [6.45, 7) is 9.27. The van der Waals surface area contributed by atoms with E-state index in [2.05, 4.69) is 48.6 Å². The van der Waals surface area contributed by atoms with Crippen molar-refractivity contribution in [3.8, 4) is 0 Å². The number of benzene rings is 1. The van der Waals surface area contributed by atoms with Crippen LogP contribution in [0.3, 0.4) is 0 Å². The van der Waals surface area contributed by atoms with Gasteiger partial charge in [-0.05, 0) is 38.8 Å². The van der Waals surface area contributed by atoms with Crippen LogP contribution in [0, 0.1) is 12.3 Å². The summed E-state index contributed by atoms with van der Waals surface area (Å²) in [7, 11) is 0. The lowest BCUT2D eigenvalue weighted by atomic mass is 9.86. The van der Waals surface area contributed by atoms with Crippen LogP contribution in [0.25, 0.3) is 0 Å². The monoisotopic (exact) mass is 291 g/mol. The molecule has 118 valence electrons. The highest BCUT2D eigenvalue weighted by atomic mass is 16.4. The molecule has 0 aliphatic carbocycles. The molecule has 21 heavy (non-hydrogen) atoms. The Bertz CT molecular complexity index is 452. The van der Waals surface area contributed by atoms with E-state index in [1.807, 2.05) is 13.8 Å². The fourth-order valence-electron chi connectivity index (χ4n) is 2.25. The molecular formula is C17H29N3O. The molecule has 4 N–H and O–H groups in total. The summed E-state index contributed by atoms with van der Waals surface area (Å²) in [5.41, 5.74) is 8.05. The Kier molecular flexibility index (Phi) is 6.69. The van der Waals surface area contributed by atoms with Gasteiger partial charge in [-0.25, -0.2) is 0 Å². The Morgan fingerprint density at radius 2 is 1.90 bits per heavy atom. The van der Waals surface area contributed by atoms with Gasteiger partial charge in [0.25, 0.3) is 0 Å². The van der Waals surface area contributed by atoms with E-state index in [0.29, 0.717) is 11.9 Å². The molecule has 0 unspecified atom stereocenters. The topological polar surface area (TPSA) is 70.6 Å². The number of hydrogen-bond acceptors (Lipinski definition) is 3. The summed E-state index contributed by atoms with van der Waals surface area (Å²) in [4.78, 5) is 0. The van der Waals surface area contributed by atoms with Crippen molar-refractivity contribution in [1.82, 2.24) is 5.32 Å². The fraction of sp³-hybridized carbons (Fsp3) is 0.588. The maximum absolute atomic E-state index is 8.74. The van der Waals surface area contributed by atoms with Crippen LogP contribution in [-0.4, -0.2) is 17.6 Å². The summed E-state index contributed by atoms with van der Waals surface area (Å²) in [6, 6.07) is 9.01. The Balaban J connectivity index is 2.27. The van der Waals surface area contributed by atoms with Crippen molar-refractivity contribution in [3.05, 3.63) is 35.4 Å². The number of rotatable bonds is 8. The first-order chi connectivity index (χ1) is 9.86. The Morgan fingerprint density at radius 1 is 1.29 bits per heavy atom. The number of hydrogen-bond donors (Lipinski definition) is 3. The molecule has 0 radical (unpaired) electrons. The van der Waals surface area contributed by atoms with Crippen molar-refractivity contribution >= 4 is 5.84 Å². The summed E-state index contributed by atoms with van der Waals surface area (Å²) in [5.74, 6) is 0.309. The van der Waals surface area contributed by atoms with Crippen molar-refractivity contribution < 1.29 is 5.21 Å². The van der Waals surface area contributed by atoms with Gasteiger partial charge in [0.2, 0.25) is 0 Å². The van der Waals surface area contributed by atoms with Crippen LogP contribution in [0.5, 0.6) is 0 Å². The minimum atomic E-state index is -0.239. The third-order valence-corrected chi connectivity index (χ3v) is 4.06. The van der Waals surface area contributed by atoms with Crippen LogP contribution in [0.1, 0.15) is 57.2 Å². The van der Waals surface area contributed by atoms with Gasteiger partial charge in [-0.2, -0.15) is 0 Å². The number of nitrogens with zero attached hydrogens (tertiary/aromatic N) is 1. The van der Waals surface area contributed by atoms with Gasteiger partial charge in [-0.1, -0.05) is 55.3 Å². The molecule has 1 rings (SSSR count). The third kappa shape index (κ3) is 5.76. The first-order valence-corrected chi connectivity index (χ1v) is 7.65. The van der Waals surface area contributed by atoms with Gasteiger partial charge >= 0.3 is 0 Å². The minimum Gasteiger partial charge on any atom is -0.409 e. The molecule has 0 aromatic heterocycles. The number of nitrogens with one attached hydrogen (secondary N) is 1. The molecule has 0 spiro atoms. The van der Waals surface area contributed by atoms with Crippen LogP contribution in [0.15, 0.2) is 29.4 Å². The quantitative estimate of drug-likeness (QED) is 0.225. The average Bonchev–Trinajstić information content (AvgIpc) is 2.46. The van der Waals surface area contributed by atoms with Crippen LogP contribution in [-0.2, 0) is 0 Å². The van der Waals surface area contributed by atoms with Gasteiger partial charge in [0.1, 0.15) is 5.84 Å². The highest BCUT2D eigenvalue weighted by molar-refractivity contribution is 5.85. The third-order valence-electron chi connectivity index (χ3n) is 4.06. The van der Waals surface area contributed by atoms with Crippen molar-refractivity contribution in [2.75, 3.05) is 6.54 Å². The second-order valence-electron chi connectivity index (χ2n) is 6.41. The number of nitrogens with two attached hydrogens (primary N) is 1. The predicted molar refractivity (Wildman–Crippen MR) is 88.6 cm³/mol. The number of oxime groups is 1. The molecule has 4 heteroatoms. The molecule has 1 aromatic carbocycles. The first kappa shape index (κ1) is 17.5. The van der Waals surface area contributed by atoms with Crippen LogP contribution in [0.2, 0.25) is 0 Å². The van der Waals surface area contributed by atoms with Crippen molar-refractivity contribution in [2.24, 2.45) is 16.3 Å². The second-order valence-corrected chi connectivity index (χ2v) is 6.41. The van der Waals surface area contributed by atoms with Crippen molar-refractivity contribution in [1.29, 1.82) is 0 Å². The molecule has 1 atom stereocenters. The molecule has 0 saturated carbocycles. The van der Waals surface area contributed by atoms with Gasteiger partial charge < -0.3 is 16.3 Å². The zero-order valence-corrected chi connectivity index (χ0v) is 13.7. The van der Waals surface area contributed by atoms with Crippen LogP contribution < -0.4 is 11.1 Å². The van der Waals surface area contributed by atoms with Gasteiger partial charge in [0.05, 0.1) is 0 Å². The number of unbranched alkanes of at least 4 members (excludes halogenated alkanes) is 1. The smallest absolute Gasteiger partial charge is 0.144 e. The van der Waals surface area contributed by atoms with Gasteiger partial charge in [-0.3, -0.25) is 0 Å². The standard InChI is InChI=1S/C17H29N3O/c1-13-7-9-15(10-8-13)14(2)19-12-6-5-11-17(3,4)16(18)20-21/h7-10,14,19,21H,5-6,11-12H2,1-4H3,(H2,18,20)/t14-/m1/s1. The lowest BCUT2D eigenvalue weighted by Gasteiger charge is -2.22. The lowest BCUT2D eigenvalue weighted by Crippen LogP contribution is -2.32. The maximum Gasteiger partial charge on any atom is 0.144 e. The van der Waals surface area contributed by atoms with Crippen LogP contribution >= 0.6 is 0 Å². The van der Waals surface area contributed by atoms with E-state index in [1.54, 1.807) is 0 Å². The average molecular weight is 291 g/mol. The van der Waals surface area contributed by atoms with E-state index in [-0.39, 0.29) is 5.41 Å². The summed E-state index contributed by atoms with van der Waals surface area (Å²) < 4.78 is 0. The van der Waals surface area contributed by atoms with E-state index in [9.17, 15) is 0 Å². The SMILES string of the molecule is Cc1ccc([C@@H](C)NCCCCC(C)(C)/C(N)=N/O)cc1. The largest absolute Gasteiger partial charge is 0.409 e. The van der Waals surface area contributed by atoms with Gasteiger partial charge in [0.15, 0.2) is 0 Å². The molecule has 0 amide bonds. The molecule has 0 bridgehead atoms. The van der Waals surface area contributed by atoms with E-state index in [1.165, 1.54) is 11.1 Å². The zero-order valence-electron chi connectivity index (χ0n) is 13.7. The molecular weight excluding hydrogens is 262 g/mol. The zero-order chi connectivity index (χ0) is 15.9. The molecule has 0 saturated heterocycles. The number of aryl methyl sites for hydroxylation is 1. The Labute approximate surface area is 128 Å². The highest BCUT2D eigenvalue weighted by Crippen LogP contribution is 2.23. The maximum atomic E-state index is 8.74. The Morgan fingerprint density at radius 3 is 2.48 bits per heavy atom. The highest BCUT2D eigenvalue weighted by Gasteiger charge is 2.22. The summed E-state index contributed by atoms with van der Waals surface area (Å²) >= 11 is 0. The van der Waals surface area contributed by atoms with Crippen molar-refractivity contribution in [3.63, 3.8) is 0 Å². The molecule has 1 aromatic rings. The summed E-state index contributed by atoms with van der Waals surface area (Å²) in [5, 5.41) is 15.4. The fourth-order valence-corrected chi connectivity index (χ4v) is 2.25. The Hall–Kier alpha value is -1.55. The van der Waals surface area contributed by atoms with Gasteiger partial charge in [0, 0.05) is 11.5 Å². The molecule has 4 nitrogen and oxygen atoms in total. The van der Waals surface area contributed by atoms with E-state index >= 15 is 0 Å². The van der Waals surface area contributed by atoms with E-state index < -0.39 is 0 Å². The minimum absolute atomic E-state index is 0.239. The molecule has 0 fully saturated rings.